The molecule has 5 rings (SSSR count). The third-order valence-electron chi connectivity index (χ3n) is 6.15. The van der Waals surface area contributed by atoms with Crippen LogP contribution in [0.15, 0.2) is 99.9 Å². The van der Waals surface area contributed by atoms with Crippen molar-refractivity contribution in [3.8, 4) is 11.5 Å². The van der Waals surface area contributed by atoms with E-state index in [1.54, 1.807) is 61.1 Å². The number of fused-ring (bicyclic) bond motifs is 1. The van der Waals surface area contributed by atoms with Gasteiger partial charge >= 0.3 is 5.97 Å². The quantitative estimate of drug-likeness (QED) is 0.297. The maximum atomic E-state index is 13.8. The number of benzene rings is 3. The number of thiazole rings is 1. The number of aromatic nitrogens is 1. The van der Waals surface area contributed by atoms with Gasteiger partial charge in [-0.2, -0.15) is 0 Å². The number of hydrogen-bond acceptors (Lipinski definition) is 7. The molecule has 9 heteroatoms. The first-order valence-electron chi connectivity index (χ1n) is 12.2. The molecular weight excluding hydrogens is 514 g/mol. The van der Waals surface area contributed by atoms with Crippen LogP contribution in [0.5, 0.6) is 11.5 Å². The molecule has 0 radical (unpaired) electrons. The van der Waals surface area contributed by atoms with Crippen LogP contribution in [0.1, 0.15) is 31.0 Å². The van der Waals surface area contributed by atoms with Gasteiger partial charge in [-0.1, -0.05) is 53.8 Å². The van der Waals surface area contributed by atoms with Crippen molar-refractivity contribution < 1.29 is 19.1 Å². The Morgan fingerprint density at radius 2 is 1.74 bits per heavy atom. The number of carbonyl (C=O) groups is 2. The molecule has 4 aromatic rings. The Morgan fingerprint density at radius 1 is 1.00 bits per heavy atom. The number of nitrogens with zero attached hydrogens (tertiary/aromatic N) is 2. The van der Waals surface area contributed by atoms with Gasteiger partial charge in [-0.3, -0.25) is 19.0 Å². The molecule has 0 saturated heterocycles. The Bertz CT molecular complexity index is 1770. The molecule has 0 bridgehead atoms. The monoisotopic (exact) mass is 539 g/mol. The van der Waals surface area contributed by atoms with E-state index in [9.17, 15) is 14.4 Å². The molecule has 1 atom stereocenters. The minimum atomic E-state index is -0.714. The summed E-state index contributed by atoms with van der Waals surface area (Å²) >= 11 is 1.25. The molecule has 0 spiro atoms. The maximum Gasteiger partial charge on any atom is 0.308 e. The predicted octanol–water partition coefficient (Wildman–Crippen LogP) is 3.81. The summed E-state index contributed by atoms with van der Waals surface area (Å²) in [6.45, 7) is 3.11. The molecule has 1 aliphatic rings. The van der Waals surface area contributed by atoms with Gasteiger partial charge in [-0.15, -0.1) is 0 Å². The summed E-state index contributed by atoms with van der Waals surface area (Å²) in [5.41, 5.74) is 2.74. The second-order valence-electron chi connectivity index (χ2n) is 8.84. The molecule has 0 saturated carbocycles. The van der Waals surface area contributed by atoms with E-state index in [1.165, 1.54) is 18.3 Å². The number of amides is 1. The standard InChI is InChI=1S/C30H25N3O5S/c1-18-26(28(35)32-22-9-5-4-6-10-22)27(21-8-7-11-24(17-21)37-3)33-29(36)25(39-30(33)31-18)16-20-12-14-23(15-13-20)38-19(2)34/h4-17,27H,1-3H3,(H,32,35)/b25-16-/t27-/m0/s1. The number of methoxy groups -OCH3 is 1. The molecule has 2 heterocycles. The topological polar surface area (TPSA) is 99.0 Å². The lowest BCUT2D eigenvalue weighted by Crippen LogP contribution is -2.40. The Kier molecular flexibility index (Phi) is 7.25. The second-order valence-corrected chi connectivity index (χ2v) is 9.85. The van der Waals surface area contributed by atoms with Gasteiger partial charge in [-0.25, -0.2) is 4.99 Å². The fourth-order valence-corrected chi connectivity index (χ4v) is 5.45. The number of rotatable bonds is 6. The molecule has 39 heavy (non-hydrogen) atoms. The summed E-state index contributed by atoms with van der Waals surface area (Å²) in [6.07, 6.45) is 1.76. The summed E-state index contributed by atoms with van der Waals surface area (Å²) < 4.78 is 12.6. The molecule has 1 N–H and O–H groups in total. The van der Waals surface area contributed by atoms with Crippen molar-refractivity contribution in [1.29, 1.82) is 0 Å². The van der Waals surface area contributed by atoms with Crippen molar-refractivity contribution >= 4 is 35.0 Å². The van der Waals surface area contributed by atoms with E-state index < -0.39 is 12.0 Å². The van der Waals surface area contributed by atoms with E-state index in [0.717, 1.165) is 11.1 Å². The van der Waals surface area contributed by atoms with Crippen LogP contribution in [0.3, 0.4) is 0 Å². The normalized spacial score (nSPS) is 14.8. The first kappa shape index (κ1) is 25.9. The van der Waals surface area contributed by atoms with Crippen LogP contribution in [-0.4, -0.2) is 23.6 Å². The molecule has 8 nitrogen and oxygen atoms in total. The van der Waals surface area contributed by atoms with Gasteiger partial charge in [-0.05, 0) is 60.5 Å². The smallest absolute Gasteiger partial charge is 0.308 e. The lowest BCUT2D eigenvalue weighted by Gasteiger charge is -2.25. The van der Waals surface area contributed by atoms with Crippen molar-refractivity contribution in [2.75, 3.05) is 12.4 Å². The van der Waals surface area contributed by atoms with E-state index in [4.69, 9.17) is 9.47 Å². The fourth-order valence-electron chi connectivity index (χ4n) is 4.41. The number of carbonyl (C=O) groups excluding carboxylic acids is 2. The van der Waals surface area contributed by atoms with Gasteiger partial charge < -0.3 is 14.8 Å². The number of allylic oxidation sites excluding steroid dienone is 1. The average Bonchev–Trinajstić information content (AvgIpc) is 3.23. The molecule has 0 unspecified atom stereocenters. The molecule has 196 valence electrons. The second kappa shape index (κ2) is 10.9. The first-order chi connectivity index (χ1) is 18.8. The SMILES string of the molecule is COc1cccc([C@H]2C(C(=O)Nc3ccccc3)=C(C)N=c3s/c(=C\c4ccc(OC(C)=O)cc4)c(=O)n32)c1. The van der Waals surface area contributed by atoms with Gasteiger partial charge in [0, 0.05) is 12.6 Å². The average molecular weight is 540 g/mol. The lowest BCUT2D eigenvalue weighted by atomic mass is 9.95. The van der Waals surface area contributed by atoms with Crippen LogP contribution in [0.4, 0.5) is 5.69 Å². The molecule has 3 aromatic carbocycles. The van der Waals surface area contributed by atoms with Crippen molar-refractivity contribution in [2.45, 2.75) is 19.9 Å². The Labute approximate surface area is 228 Å². The van der Waals surface area contributed by atoms with Crippen molar-refractivity contribution in [2.24, 2.45) is 4.99 Å². The zero-order valence-electron chi connectivity index (χ0n) is 21.5. The highest BCUT2D eigenvalue weighted by Crippen LogP contribution is 2.32. The number of para-hydroxylation sites is 1. The summed E-state index contributed by atoms with van der Waals surface area (Å²) in [7, 11) is 1.57. The number of ether oxygens (including phenoxy) is 2. The molecule has 1 amide bonds. The third kappa shape index (κ3) is 5.44. The van der Waals surface area contributed by atoms with Gasteiger partial charge in [0.25, 0.3) is 11.5 Å². The minimum Gasteiger partial charge on any atom is -0.497 e. The molecule has 1 aromatic heterocycles. The largest absolute Gasteiger partial charge is 0.497 e. The van der Waals surface area contributed by atoms with Crippen LogP contribution in [0.25, 0.3) is 6.08 Å². The zero-order valence-corrected chi connectivity index (χ0v) is 22.3. The molecule has 1 aliphatic heterocycles. The van der Waals surface area contributed by atoms with Crippen molar-refractivity contribution in [3.05, 3.63) is 121 Å². The molecular formula is C30H25N3O5S. The molecule has 0 fully saturated rings. The summed E-state index contributed by atoms with van der Waals surface area (Å²) in [4.78, 5) is 43.8. The predicted molar refractivity (Wildman–Crippen MR) is 150 cm³/mol. The number of esters is 1. The van der Waals surface area contributed by atoms with Gasteiger partial charge in [0.05, 0.1) is 29.0 Å². The van der Waals surface area contributed by atoms with Gasteiger partial charge in [0.1, 0.15) is 11.5 Å². The number of nitrogens with one attached hydrogen (secondary N) is 1. The highest BCUT2D eigenvalue weighted by molar-refractivity contribution is 7.07. The fraction of sp³-hybridized carbons (Fsp3) is 0.133. The summed E-state index contributed by atoms with van der Waals surface area (Å²) in [5, 5.41) is 2.94. The van der Waals surface area contributed by atoms with Crippen LogP contribution >= 0.6 is 11.3 Å². The number of anilines is 1. The summed E-state index contributed by atoms with van der Waals surface area (Å²) in [5.74, 6) is 0.283. The zero-order chi connectivity index (χ0) is 27.5. The maximum absolute atomic E-state index is 13.8. The highest BCUT2D eigenvalue weighted by atomic mass is 32.1. The van der Waals surface area contributed by atoms with Crippen LogP contribution < -0.4 is 29.7 Å². The highest BCUT2D eigenvalue weighted by Gasteiger charge is 2.32. The Hall–Kier alpha value is -4.76. The third-order valence-corrected chi connectivity index (χ3v) is 7.13. The van der Waals surface area contributed by atoms with E-state index in [0.29, 0.717) is 37.8 Å². The van der Waals surface area contributed by atoms with Crippen LogP contribution in [-0.2, 0) is 9.59 Å². The van der Waals surface area contributed by atoms with E-state index in [1.807, 2.05) is 42.5 Å². The van der Waals surface area contributed by atoms with Crippen LogP contribution in [0, 0.1) is 0 Å². The van der Waals surface area contributed by atoms with Crippen LogP contribution in [0.2, 0.25) is 0 Å². The first-order valence-corrected chi connectivity index (χ1v) is 13.0. The summed E-state index contributed by atoms with van der Waals surface area (Å²) in [6, 6.07) is 22.6. The Balaban J connectivity index is 1.63. The molecule has 0 aliphatic carbocycles. The lowest BCUT2D eigenvalue weighted by molar-refractivity contribution is -0.131. The van der Waals surface area contributed by atoms with Crippen molar-refractivity contribution in [3.63, 3.8) is 0 Å². The number of hydrogen-bond donors (Lipinski definition) is 1. The van der Waals surface area contributed by atoms with E-state index in [-0.39, 0.29) is 11.5 Å². The Morgan fingerprint density at radius 3 is 2.44 bits per heavy atom. The minimum absolute atomic E-state index is 0.270. The van der Waals surface area contributed by atoms with E-state index in [2.05, 4.69) is 10.3 Å². The van der Waals surface area contributed by atoms with E-state index >= 15 is 0 Å². The van der Waals surface area contributed by atoms with Gasteiger partial charge in [0.2, 0.25) is 0 Å². The van der Waals surface area contributed by atoms with Crippen molar-refractivity contribution in [1.82, 2.24) is 4.57 Å². The van der Waals surface area contributed by atoms with Gasteiger partial charge in [0.15, 0.2) is 4.80 Å².